The molecule has 0 fully saturated rings. The largest absolute Gasteiger partial charge is 0.316 e. The molecule has 20 heavy (non-hydrogen) atoms. The van der Waals surface area contributed by atoms with Crippen LogP contribution in [0, 0.1) is 6.92 Å². The van der Waals surface area contributed by atoms with Crippen LogP contribution in [0.4, 0.5) is 0 Å². The zero-order chi connectivity index (χ0) is 14.4. The van der Waals surface area contributed by atoms with Crippen LogP contribution in [-0.2, 0) is 6.42 Å². The topological polar surface area (TPSA) is 12.0 Å². The maximum absolute atomic E-state index is 3.66. The van der Waals surface area contributed by atoms with E-state index in [4.69, 9.17) is 0 Å². The molecule has 1 nitrogen and oxygen atoms in total. The van der Waals surface area contributed by atoms with Gasteiger partial charge in [0, 0.05) is 21.8 Å². The lowest BCUT2D eigenvalue weighted by molar-refractivity contribution is 0.577. The Labute approximate surface area is 134 Å². The molecular formula is C17H22BrNS. The Kier molecular flexibility index (Phi) is 6.27. The summed E-state index contributed by atoms with van der Waals surface area (Å²) in [6, 6.07) is 10.9. The van der Waals surface area contributed by atoms with Crippen molar-refractivity contribution in [2.45, 2.75) is 32.6 Å². The molecule has 2 rings (SSSR count). The molecule has 0 saturated heterocycles. The van der Waals surface area contributed by atoms with Gasteiger partial charge < -0.3 is 5.32 Å². The highest BCUT2D eigenvalue weighted by atomic mass is 79.9. The summed E-state index contributed by atoms with van der Waals surface area (Å²) in [5, 5.41) is 5.74. The number of halogens is 1. The standard InChI is InChI=1S/C17H22BrNS/c1-3-9-19-12-14(11-17-16(18)8-10-20-17)15-7-5-4-6-13(15)2/h4-8,10,14,19H,3,9,11-12H2,1-2H3. The lowest BCUT2D eigenvalue weighted by atomic mass is 9.91. The molecule has 1 aromatic carbocycles. The van der Waals surface area contributed by atoms with E-state index in [0.29, 0.717) is 5.92 Å². The predicted molar refractivity (Wildman–Crippen MR) is 92.8 cm³/mol. The summed E-state index contributed by atoms with van der Waals surface area (Å²) in [6.07, 6.45) is 2.28. The third kappa shape index (κ3) is 4.18. The summed E-state index contributed by atoms with van der Waals surface area (Å²) in [7, 11) is 0. The number of hydrogen-bond acceptors (Lipinski definition) is 2. The number of thiophene rings is 1. The van der Waals surface area contributed by atoms with Gasteiger partial charge in [0.15, 0.2) is 0 Å². The molecule has 0 spiro atoms. The first kappa shape index (κ1) is 15.7. The van der Waals surface area contributed by atoms with Crippen molar-refractivity contribution in [3.05, 3.63) is 56.2 Å². The second-order valence-electron chi connectivity index (χ2n) is 5.15. The molecule has 0 aliphatic carbocycles. The number of benzene rings is 1. The predicted octanol–water partition coefficient (Wildman–Crippen LogP) is 5.14. The van der Waals surface area contributed by atoms with Crippen molar-refractivity contribution in [3.8, 4) is 0 Å². The van der Waals surface area contributed by atoms with Crippen molar-refractivity contribution in [1.29, 1.82) is 0 Å². The monoisotopic (exact) mass is 351 g/mol. The molecule has 0 bridgehead atoms. The van der Waals surface area contributed by atoms with Gasteiger partial charge in [0.2, 0.25) is 0 Å². The van der Waals surface area contributed by atoms with Crippen LogP contribution in [0.2, 0.25) is 0 Å². The molecule has 0 radical (unpaired) electrons. The van der Waals surface area contributed by atoms with Crippen LogP contribution in [0.5, 0.6) is 0 Å². The summed E-state index contributed by atoms with van der Waals surface area (Å²) >= 11 is 5.50. The maximum atomic E-state index is 3.66. The zero-order valence-electron chi connectivity index (χ0n) is 12.2. The van der Waals surface area contributed by atoms with E-state index in [1.165, 1.54) is 26.9 Å². The molecule has 1 aromatic heterocycles. The summed E-state index contributed by atoms with van der Waals surface area (Å²) < 4.78 is 1.25. The Morgan fingerprint density at radius 2 is 2.05 bits per heavy atom. The normalized spacial score (nSPS) is 12.6. The van der Waals surface area contributed by atoms with Gasteiger partial charge in [-0.15, -0.1) is 11.3 Å². The number of hydrogen-bond donors (Lipinski definition) is 1. The second kappa shape index (κ2) is 7.96. The van der Waals surface area contributed by atoms with E-state index < -0.39 is 0 Å². The molecule has 1 N–H and O–H groups in total. The van der Waals surface area contributed by atoms with Crippen LogP contribution in [0.1, 0.15) is 35.3 Å². The van der Waals surface area contributed by atoms with E-state index >= 15 is 0 Å². The van der Waals surface area contributed by atoms with Gasteiger partial charge in [-0.3, -0.25) is 0 Å². The molecule has 2 aromatic rings. The van der Waals surface area contributed by atoms with Crippen LogP contribution < -0.4 is 5.32 Å². The van der Waals surface area contributed by atoms with Gasteiger partial charge in [0.05, 0.1) is 0 Å². The quantitative estimate of drug-likeness (QED) is 0.680. The molecular weight excluding hydrogens is 330 g/mol. The molecule has 0 amide bonds. The van der Waals surface area contributed by atoms with Crippen molar-refractivity contribution in [2.75, 3.05) is 13.1 Å². The second-order valence-corrected chi connectivity index (χ2v) is 7.01. The number of aryl methyl sites for hydroxylation is 1. The third-order valence-electron chi connectivity index (χ3n) is 3.57. The summed E-state index contributed by atoms with van der Waals surface area (Å²) in [5.74, 6) is 0.540. The van der Waals surface area contributed by atoms with E-state index in [2.05, 4.69) is 70.8 Å². The fourth-order valence-corrected chi connectivity index (χ4v) is 4.08. The Morgan fingerprint density at radius 3 is 2.70 bits per heavy atom. The first-order chi connectivity index (χ1) is 9.72. The molecule has 0 aliphatic rings. The highest BCUT2D eigenvalue weighted by molar-refractivity contribution is 9.10. The van der Waals surface area contributed by atoms with E-state index in [0.717, 1.165) is 19.5 Å². The molecule has 1 heterocycles. The van der Waals surface area contributed by atoms with Gasteiger partial charge in [-0.1, -0.05) is 31.2 Å². The van der Waals surface area contributed by atoms with E-state index in [1.807, 2.05) is 11.3 Å². The van der Waals surface area contributed by atoms with Crippen molar-refractivity contribution in [3.63, 3.8) is 0 Å². The van der Waals surface area contributed by atoms with Crippen LogP contribution in [0.25, 0.3) is 0 Å². The SMILES string of the molecule is CCCNCC(Cc1sccc1Br)c1ccccc1C. The summed E-state index contributed by atoms with van der Waals surface area (Å²) in [5.41, 5.74) is 2.86. The minimum atomic E-state index is 0.540. The average Bonchev–Trinajstić information content (AvgIpc) is 2.84. The van der Waals surface area contributed by atoms with Gasteiger partial charge in [-0.05, 0) is 64.8 Å². The average molecular weight is 352 g/mol. The highest BCUT2D eigenvalue weighted by Gasteiger charge is 2.16. The first-order valence-electron chi connectivity index (χ1n) is 7.20. The lowest BCUT2D eigenvalue weighted by Gasteiger charge is -2.20. The van der Waals surface area contributed by atoms with Crippen molar-refractivity contribution in [1.82, 2.24) is 5.32 Å². The highest BCUT2D eigenvalue weighted by Crippen LogP contribution is 2.30. The van der Waals surface area contributed by atoms with Crippen LogP contribution in [0.15, 0.2) is 40.2 Å². The lowest BCUT2D eigenvalue weighted by Crippen LogP contribution is -2.24. The van der Waals surface area contributed by atoms with Gasteiger partial charge >= 0.3 is 0 Å². The van der Waals surface area contributed by atoms with Crippen molar-refractivity contribution in [2.24, 2.45) is 0 Å². The smallest absolute Gasteiger partial charge is 0.0314 e. The van der Waals surface area contributed by atoms with Crippen molar-refractivity contribution < 1.29 is 0 Å². The van der Waals surface area contributed by atoms with Gasteiger partial charge in [-0.25, -0.2) is 0 Å². The molecule has 1 atom stereocenters. The molecule has 0 aliphatic heterocycles. The van der Waals surface area contributed by atoms with E-state index in [-0.39, 0.29) is 0 Å². The fourth-order valence-electron chi connectivity index (χ4n) is 2.48. The fraction of sp³-hybridized carbons (Fsp3) is 0.412. The molecule has 108 valence electrons. The third-order valence-corrected chi connectivity index (χ3v) is 5.52. The van der Waals surface area contributed by atoms with Crippen LogP contribution in [-0.4, -0.2) is 13.1 Å². The molecule has 3 heteroatoms. The minimum absolute atomic E-state index is 0.540. The summed E-state index contributed by atoms with van der Waals surface area (Å²) in [6.45, 7) is 6.56. The Hall–Kier alpha value is -0.640. The Balaban J connectivity index is 2.16. The van der Waals surface area contributed by atoms with Crippen molar-refractivity contribution >= 4 is 27.3 Å². The first-order valence-corrected chi connectivity index (χ1v) is 8.87. The molecule has 0 saturated carbocycles. The zero-order valence-corrected chi connectivity index (χ0v) is 14.6. The van der Waals surface area contributed by atoms with Crippen LogP contribution in [0.3, 0.4) is 0 Å². The van der Waals surface area contributed by atoms with E-state index in [1.54, 1.807) is 0 Å². The van der Waals surface area contributed by atoms with E-state index in [9.17, 15) is 0 Å². The molecule has 1 unspecified atom stereocenters. The van der Waals surface area contributed by atoms with Gasteiger partial charge in [-0.2, -0.15) is 0 Å². The summed E-state index contributed by atoms with van der Waals surface area (Å²) in [4.78, 5) is 1.44. The van der Waals surface area contributed by atoms with Crippen LogP contribution >= 0.6 is 27.3 Å². The minimum Gasteiger partial charge on any atom is -0.316 e. The Morgan fingerprint density at radius 1 is 1.25 bits per heavy atom. The maximum Gasteiger partial charge on any atom is 0.0314 e. The number of rotatable bonds is 7. The number of nitrogens with one attached hydrogen (secondary N) is 1. The van der Waals surface area contributed by atoms with Gasteiger partial charge in [0.1, 0.15) is 0 Å². The van der Waals surface area contributed by atoms with Gasteiger partial charge in [0.25, 0.3) is 0 Å². The Bertz CT molecular complexity index is 535.